The first-order valence-electron chi connectivity index (χ1n) is 9.69. The number of hydrogen-bond acceptors (Lipinski definition) is 3. The Hall–Kier alpha value is -1.10. The van der Waals surface area contributed by atoms with Gasteiger partial charge in [0.05, 0.1) is 0 Å². The first-order valence-corrected chi connectivity index (χ1v) is 9.69. The molecule has 0 unspecified atom stereocenters. The van der Waals surface area contributed by atoms with Crippen molar-refractivity contribution in [3.63, 3.8) is 0 Å². The molecule has 24 heavy (non-hydrogen) atoms. The Labute approximate surface area is 146 Å². The second-order valence-electron chi connectivity index (χ2n) is 8.53. The van der Waals surface area contributed by atoms with Gasteiger partial charge in [-0.1, -0.05) is 19.3 Å². The lowest BCUT2D eigenvalue weighted by molar-refractivity contribution is -0.126. The zero-order chi connectivity index (χ0) is 17.6. The van der Waals surface area contributed by atoms with Crippen molar-refractivity contribution in [2.45, 2.75) is 89.6 Å². The number of hydrogen-bond donors (Lipinski definition) is 3. The van der Waals surface area contributed by atoms with E-state index >= 15 is 0 Å². The van der Waals surface area contributed by atoms with Crippen LogP contribution in [0.25, 0.3) is 0 Å². The Morgan fingerprint density at radius 3 is 2.21 bits per heavy atom. The summed E-state index contributed by atoms with van der Waals surface area (Å²) in [7, 11) is 0. The van der Waals surface area contributed by atoms with Gasteiger partial charge in [0.1, 0.15) is 0 Å². The van der Waals surface area contributed by atoms with Gasteiger partial charge in [-0.05, 0) is 58.3 Å². The fourth-order valence-corrected chi connectivity index (χ4v) is 3.90. The zero-order valence-corrected chi connectivity index (χ0v) is 15.4. The summed E-state index contributed by atoms with van der Waals surface area (Å²) >= 11 is 0. The lowest BCUT2D eigenvalue weighted by Gasteiger charge is -2.30. The third kappa shape index (κ3) is 6.80. The Morgan fingerprint density at radius 1 is 1.00 bits per heavy atom. The molecule has 2 saturated carbocycles. The molecule has 4 N–H and O–H groups in total. The number of carbonyl (C=O) groups excluding carboxylic acids is 2. The smallest absolute Gasteiger partial charge is 0.223 e. The van der Waals surface area contributed by atoms with Crippen molar-refractivity contribution in [3.05, 3.63) is 0 Å². The molecule has 0 bridgehead atoms. The van der Waals surface area contributed by atoms with Crippen molar-refractivity contribution in [1.82, 2.24) is 10.6 Å². The molecule has 0 saturated heterocycles. The van der Waals surface area contributed by atoms with Crippen LogP contribution in [-0.4, -0.2) is 29.9 Å². The minimum Gasteiger partial charge on any atom is -0.354 e. The van der Waals surface area contributed by atoms with E-state index in [0.717, 1.165) is 25.7 Å². The average molecular weight is 338 g/mol. The maximum Gasteiger partial charge on any atom is 0.223 e. The van der Waals surface area contributed by atoms with Crippen molar-refractivity contribution in [2.24, 2.45) is 17.6 Å². The Balaban J connectivity index is 1.64. The lowest BCUT2D eigenvalue weighted by atomic mass is 9.84. The third-order valence-corrected chi connectivity index (χ3v) is 5.38. The summed E-state index contributed by atoms with van der Waals surface area (Å²) in [6, 6.07) is 0.246. The van der Waals surface area contributed by atoms with E-state index in [0.29, 0.717) is 18.9 Å². The third-order valence-electron chi connectivity index (χ3n) is 5.38. The van der Waals surface area contributed by atoms with Crippen LogP contribution in [0.5, 0.6) is 0 Å². The van der Waals surface area contributed by atoms with E-state index in [4.69, 9.17) is 5.73 Å². The summed E-state index contributed by atoms with van der Waals surface area (Å²) < 4.78 is 0. The van der Waals surface area contributed by atoms with E-state index in [1.807, 2.05) is 13.8 Å². The first-order chi connectivity index (χ1) is 11.3. The van der Waals surface area contributed by atoms with Crippen molar-refractivity contribution in [1.29, 1.82) is 0 Å². The highest BCUT2D eigenvalue weighted by molar-refractivity contribution is 5.79. The van der Waals surface area contributed by atoms with Gasteiger partial charge in [-0.25, -0.2) is 0 Å². The molecular weight excluding hydrogens is 302 g/mol. The molecule has 0 spiro atoms. The zero-order valence-electron chi connectivity index (χ0n) is 15.4. The summed E-state index contributed by atoms with van der Waals surface area (Å²) in [4.78, 5) is 24.4. The molecule has 5 heteroatoms. The van der Waals surface area contributed by atoms with Crippen LogP contribution < -0.4 is 16.4 Å². The molecule has 0 aromatic rings. The maximum absolute atomic E-state index is 12.2. The summed E-state index contributed by atoms with van der Waals surface area (Å²) in [5, 5.41) is 6.14. The first kappa shape index (κ1) is 19.2. The van der Waals surface area contributed by atoms with E-state index in [1.165, 1.54) is 32.1 Å². The highest BCUT2D eigenvalue weighted by Crippen LogP contribution is 2.27. The fraction of sp³-hybridized carbons (Fsp3) is 0.895. The summed E-state index contributed by atoms with van der Waals surface area (Å²) in [5.41, 5.74) is 5.53. The van der Waals surface area contributed by atoms with E-state index in [1.54, 1.807) is 0 Å². The number of nitrogens with one attached hydrogen (secondary N) is 2. The second kappa shape index (κ2) is 8.84. The van der Waals surface area contributed by atoms with Crippen LogP contribution >= 0.6 is 0 Å². The van der Waals surface area contributed by atoms with Gasteiger partial charge < -0.3 is 16.4 Å². The predicted molar refractivity (Wildman–Crippen MR) is 96.4 cm³/mol. The van der Waals surface area contributed by atoms with Crippen molar-refractivity contribution >= 4 is 11.8 Å². The highest BCUT2D eigenvalue weighted by Gasteiger charge is 2.28. The average Bonchev–Trinajstić information content (AvgIpc) is 2.53. The maximum atomic E-state index is 12.2. The summed E-state index contributed by atoms with van der Waals surface area (Å²) in [6.45, 7) is 4.32. The summed E-state index contributed by atoms with van der Waals surface area (Å²) in [6.07, 6.45) is 10.5. The van der Waals surface area contributed by atoms with Gasteiger partial charge in [-0.3, -0.25) is 9.59 Å². The van der Waals surface area contributed by atoms with Crippen LogP contribution in [0.3, 0.4) is 0 Å². The van der Waals surface area contributed by atoms with Crippen LogP contribution in [-0.2, 0) is 9.59 Å². The largest absolute Gasteiger partial charge is 0.354 e. The standard InChI is InChI=1S/C19H35N3O2/c1-19(2,20)13-21-18(24)15-8-10-16(11-9-15)22-17(23)12-14-6-4-3-5-7-14/h14-16H,3-13,20H2,1-2H3,(H,21,24)(H,22,23). The molecule has 2 rings (SSSR count). The van der Waals surface area contributed by atoms with Crippen LogP contribution in [0, 0.1) is 11.8 Å². The molecule has 5 nitrogen and oxygen atoms in total. The van der Waals surface area contributed by atoms with Crippen LogP contribution in [0.2, 0.25) is 0 Å². The second-order valence-corrected chi connectivity index (χ2v) is 8.53. The molecule has 138 valence electrons. The number of rotatable bonds is 6. The van der Waals surface area contributed by atoms with Gasteiger partial charge >= 0.3 is 0 Å². The fourth-order valence-electron chi connectivity index (χ4n) is 3.90. The molecule has 0 radical (unpaired) electrons. The molecular formula is C19H35N3O2. The van der Waals surface area contributed by atoms with Crippen LogP contribution in [0.15, 0.2) is 0 Å². The highest BCUT2D eigenvalue weighted by atomic mass is 16.2. The van der Waals surface area contributed by atoms with Crippen molar-refractivity contribution in [3.8, 4) is 0 Å². The molecule has 0 aliphatic heterocycles. The van der Waals surface area contributed by atoms with E-state index in [2.05, 4.69) is 10.6 Å². The number of carbonyl (C=O) groups is 2. The molecule has 0 aromatic carbocycles. The van der Waals surface area contributed by atoms with Crippen LogP contribution in [0.1, 0.15) is 78.1 Å². The molecule has 0 atom stereocenters. The molecule has 2 aliphatic rings. The van der Waals surface area contributed by atoms with Crippen LogP contribution in [0.4, 0.5) is 0 Å². The van der Waals surface area contributed by atoms with Gasteiger partial charge in [-0.2, -0.15) is 0 Å². The Kier molecular flexibility index (Phi) is 7.08. The normalized spacial score (nSPS) is 26.0. The molecule has 0 aromatic heterocycles. The molecule has 2 fully saturated rings. The van der Waals surface area contributed by atoms with E-state index in [9.17, 15) is 9.59 Å². The van der Waals surface area contributed by atoms with Gasteiger partial charge in [0.2, 0.25) is 11.8 Å². The van der Waals surface area contributed by atoms with Gasteiger partial charge in [0.15, 0.2) is 0 Å². The number of amides is 2. The monoisotopic (exact) mass is 337 g/mol. The quantitative estimate of drug-likeness (QED) is 0.696. The molecule has 2 amide bonds. The minimum atomic E-state index is -0.375. The summed E-state index contributed by atoms with van der Waals surface area (Å²) in [5.74, 6) is 0.972. The predicted octanol–water partition coefficient (Wildman–Crippen LogP) is 2.49. The minimum absolute atomic E-state index is 0.0684. The Bertz CT molecular complexity index is 417. The van der Waals surface area contributed by atoms with E-state index < -0.39 is 0 Å². The number of nitrogens with two attached hydrogens (primary N) is 1. The Morgan fingerprint density at radius 2 is 1.62 bits per heavy atom. The lowest BCUT2D eigenvalue weighted by Crippen LogP contribution is -2.47. The van der Waals surface area contributed by atoms with Crippen molar-refractivity contribution in [2.75, 3.05) is 6.54 Å². The molecule has 0 heterocycles. The van der Waals surface area contributed by atoms with E-state index in [-0.39, 0.29) is 29.3 Å². The van der Waals surface area contributed by atoms with Crippen molar-refractivity contribution < 1.29 is 9.59 Å². The topological polar surface area (TPSA) is 84.2 Å². The van der Waals surface area contributed by atoms with Gasteiger partial charge in [0, 0.05) is 30.5 Å². The SMILES string of the molecule is CC(C)(N)CNC(=O)C1CCC(NC(=O)CC2CCCCC2)CC1. The molecule has 2 aliphatic carbocycles. The van der Waals surface area contributed by atoms with Gasteiger partial charge in [0.25, 0.3) is 0 Å². The van der Waals surface area contributed by atoms with Gasteiger partial charge in [-0.15, -0.1) is 0 Å².